The quantitative estimate of drug-likeness (QED) is 0.178. The molecule has 0 unspecified atom stereocenters. The third-order valence-electron chi connectivity index (χ3n) is 7.24. The Hall–Kier alpha value is -4.32. The topological polar surface area (TPSA) is 139 Å². The Kier molecular flexibility index (Phi) is 9.35. The SMILES string of the molecule is COc1ccc2c(c1)C(c1ccc(Cl)cc1)=N[C@@H](CC(=O)CCCNC(=O)Cc1cccc(B(O)O)c1)c1nnc(C)n1-2. The maximum atomic E-state index is 13.2. The first kappa shape index (κ1) is 30.2. The van der Waals surface area contributed by atoms with Gasteiger partial charge in [-0.1, -0.05) is 48.0 Å². The number of hydrogen-bond acceptors (Lipinski definition) is 8. The lowest BCUT2D eigenvalue weighted by atomic mass is 9.79. The number of ether oxygens (including phenoxy) is 1. The second-order valence-electron chi connectivity index (χ2n) is 10.3. The fourth-order valence-electron chi connectivity index (χ4n) is 5.12. The second-order valence-corrected chi connectivity index (χ2v) is 10.8. The van der Waals surface area contributed by atoms with E-state index < -0.39 is 13.2 Å². The molecule has 4 aromatic rings. The molecule has 0 radical (unpaired) electrons. The summed E-state index contributed by atoms with van der Waals surface area (Å²) >= 11 is 6.17. The molecule has 0 aliphatic carbocycles. The van der Waals surface area contributed by atoms with Gasteiger partial charge in [-0.15, -0.1) is 10.2 Å². The number of methoxy groups -OCH3 is 1. The molecule has 0 spiro atoms. The summed E-state index contributed by atoms with van der Waals surface area (Å²) in [5.41, 5.74) is 4.18. The highest BCUT2D eigenvalue weighted by Crippen LogP contribution is 2.34. The third kappa shape index (κ3) is 7.02. The van der Waals surface area contributed by atoms with Crippen LogP contribution in [0.15, 0.2) is 71.7 Å². The second kappa shape index (κ2) is 13.3. The number of amides is 1. The molecule has 12 heteroatoms. The van der Waals surface area contributed by atoms with Gasteiger partial charge in [0, 0.05) is 35.5 Å². The number of ketones is 1. The van der Waals surface area contributed by atoms with Gasteiger partial charge in [-0.05, 0) is 54.7 Å². The molecule has 1 aliphatic heterocycles. The van der Waals surface area contributed by atoms with Gasteiger partial charge in [0.1, 0.15) is 23.4 Å². The van der Waals surface area contributed by atoms with Crippen LogP contribution >= 0.6 is 11.6 Å². The Morgan fingerprint density at radius 1 is 1.07 bits per heavy atom. The molecule has 220 valence electrons. The molecule has 0 fully saturated rings. The lowest BCUT2D eigenvalue weighted by Crippen LogP contribution is -2.31. The number of aryl methyl sites for hydroxylation is 1. The molecule has 3 aromatic carbocycles. The van der Waals surface area contributed by atoms with Gasteiger partial charge in [0.2, 0.25) is 5.91 Å². The minimum Gasteiger partial charge on any atom is -0.497 e. The summed E-state index contributed by atoms with van der Waals surface area (Å²) in [6, 6.07) is 19.1. The van der Waals surface area contributed by atoms with Crippen LogP contribution in [0.3, 0.4) is 0 Å². The lowest BCUT2D eigenvalue weighted by molar-refractivity contribution is -0.121. The number of fused-ring (bicyclic) bond motifs is 3. The van der Waals surface area contributed by atoms with E-state index in [0.717, 1.165) is 16.8 Å². The monoisotopic (exact) mass is 599 g/mol. The predicted molar refractivity (Wildman–Crippen MR) is 164 cm³/mol. The molecule has 1 atom stereocenters. The van der Waals surface area contributed by atoms with Gasteiger partial charge in [-0.3, -0.25) is 19.1 Å². The van der Waals surface area contributed by atoms with Crippen LogP contribution in [0.4, 0.5) is 0 Å². The van der Waals surface area contributed by atoms with E-state index >= 15 is 0 Å². The number of halogens is 1. The Morgan fingerprint density at radius 2 is 1.86 bits per heavy atom. The summed E-state index contributed by atoms with van der Waals surface area (Å²) in [5, 5.41) is 30.8. The Morgan fingerprint density at radius 3 is 2.60 bits per heavy atom. The van der Waals surface area contributed by atoms with Gasteiger partial charge in [-0.25, -0.2) is 0 Å². The zero-order chi connectivity index (χ0) is 30.5. The highest BCUT2D eigenvalue weighted by Gasteiger charge is 2.30. The van der Waals surface area contributed by atoms with Crippen molar-refractivity contribution >= 4 is 41.6 Å². The summed E-state index contributed by atoms with van der Waals surface area (Å²) < 4.78 is 7.45. The molecular weight excluding hydrogens is 569 g/mol. The van der Waals surface area contributed by atoms with Gasteiger partial charge >= 0.3 is 7.12 Å². The van der Waals surface area contributed by atoms with Crippen LogP contribution < -0.4 is 15.5 Å². The fourth-order valence-corrected chi connectivity index (χ4v) is 5.25. The number of rotatable bonds is 11. The molecule has 2 heterocycles. The summed E-state index contributed by atoms with van der Waals surface area (Å²) in [5.74, 6) is 1.69. The zero-order valence-electron chi connectivity index (χ0n) is 23.8. The molecule has 0 saturated heterocycles. The zero-order valence-corrected chi connectivity index (χ0v) is 24.6. The first-order valence-corrected chi connectivity index (χ1v) is 14.3. The van der Waals surface area contributed by atoms with E-state index in [-0.39, 0.29) is 31.0 Å². The number of aliphatic imine (C=N–C) groups is 1. The standard InChI is InChI=1S/C31H31BClN5O5/c1-19-36-37-31-27(17-24(39)7-4-14-34-29(40)16-20-5-3-6-22(15-20)32(41)42)35-30(21-8-10-23(33)11-9-21)26-18-25(43-2)12-13-28(26)38(19)31/h3,5-6,8-13,15,18,27,41-42H,4,7,14,16-17H2,1-2H3,(H,34,40)/t27-/m0/s1. The average Bonchev–Trinajstić information content (AvgIpc) is 3.32. The Bertz CT molecular complexity index is 1670. The molecule has 1 aliphatic rings. The number of nitrogens with one attached hydrogen (secondary N) is 1. The van der Waals surface area contributed by atoms with Crippen LogP contribution in [0.25, 0.3) is 5.69 Å². The molecule has 0 saturated carbocycles. The van der Waals surface area contributed by atoms with Gasteiger partial charge in [0.15, 0.2) is 5.82 Å². The molecule has 10 nitrogen and oxygen atoms in total. The highest BCUT2D eigenvalue weighted by molar-refractivity contribution is 6.58. The summed E-state index contributed by atoms with van der Waals surface area (Å²) in [7, 11) is 0.0143. The van der Waals surface area contributed by atoms with Crippen LogP contribution in [0.5, 0.6) is 5.75 Å². The highest BCUT2D eigenvalue weighted by atomic mass is 35.5. The largest absolute Gasteiger partial charge is 0.497 e. The van der Waals surface area contributed by atoms with E-state index in [1.165, 1.54) is 0 Å². The van der Waals surface area contributed by atoms with Crippen LogP contribution in [-0.4, -0.2) is 63.0 Å². The smallest absolute Gasteiger partial charge is 0.488 e. The van der Waals surface area contributed by atoms with Crippen molar-refractivity contribution in [1.29, 1.82) is 0 Å². The maximum Gasteiger partial charge on any atom is 0.488 e. The maximum absolute atomic E-state index is 13.2. The summed E-state index contributed by atoms with van der Waals surface area (Å²) in [6.45, 7) is 2.19. The lowest BCUT2D eigenvalue weighted by Gasteiger charge is -2.14. The van der Waals surface area contributed by atoms with Crippen molar-refractivity contribution in [3.8, 4) is 11.4 Å². The van der Waals surface area contributed by atoms with E-state index in [1.54, 1.807) is 43.5 Å². The summed E-state index contributed by atoms with van der Waals surface area (Å²) in [4.78, 5) is 30.7. The number of carbonyl (C=O) groups is 2. The molecular formula is C31H31BClN5O5. The summed E-state index contributed by atoms with van der Waals surface area (Å²) in [6.07, 6.45) is 0.927. The van der Waals surface area contributed by atoms with Gasteiger partial charge in [-0.2, -0.15) is 0 Å². The van der Waals surface area contributed by atoms with E-state index in [0.29, 0.717) is 52.1 Å². The van der Waals surface area contributed by atoms with Crippen molar-refractivity contribution in [2.45, 2.75) is 38.6 Å². The van der Waals surface area contributed by atoms with E-state index in [4.69, 9.17) is 21.3 Å². The molecule has 43 heavy (non-hydrogen) atoms. The Balaban J connectivity index is 1.30. The Labute approximate surface area is 254 Å². The number of nitrogens with zero attached hydrogens (tertiary/aromatic N) is 4. The number of hydrogen-bond donors (Lipinski definition) is 3. The van der Waals surface area contributed by atoms with Crippen molar-refractivity contribution in [1.82, 2.24) is 20.1 Å². The number of aromatic nitrogens is 3. The molecule has 1 amide bonds. The van der Waals surface area contributed by atoms with Crippen molar-refractivity contribution in [2.24, 2.45) is 4.99 Å². The van der Waals surface area contributed by atoms with Crippen molar-refractivity contribution < 1.29 is 24.4 Å². The number of benzene rings is 3. The number of carbonyl (C=O) groups excluding carboxylic acids is 2. The average molecular weight is 600 g/mol. The van der Waals surface area contributed by atoms with Gasteiger partial charge < -0.3 is 20.1 Å². The van der Waals surface area contributed by atoms with Crippen molar-refractivity contribution in [2.75, 3.05) is 13.7 Å². The predicted octanol–water partition coefficient (Wildman–Crippen LogP) is 2.91. The van der Waals surface area contributed by atoms with Gasteiger partial charge in [0.05, 0.1) is 24.9 Å². The van der Waals surface area contributed by atoms with Crippen LogP contribution in [0, 0.1) is 6.92 Å². The van der Waals surface area contributed by atoms with Crippen LogP contribution in [-0.2, 0) is 16.0 Å². The molecule has 3 N–H and O–H groups in total. The molecule has 1 aromatic heterocycles. The van der Waals surface area contributed by atoms with E-state index in [1.807, 2.05) is 41.8 Å². The number of Topliss-reactive ketones (excluding diaryl/α,β-unsaturated/α-hetero) is 1. The first-order valence-electron chi connectivity index (χ1n) is 13.9. The third-order valence-corrected chi connectivity index (χ3v) is 7.49. The minimum absolute atomic E-state index is 0.0150. The fraction of sp³-hybridized carbons (Fsp3) is 0.258. The van der Waals surface area contributed by atoms with Crippen molar-refractivity contribution in [3.63, 3.8) is 0 Å². The van der Waals surface area contributed by atoms with E-state index in [9.17, 15) is 19.6 Å². The first-order chi connectivity index (χ1) is 20.7. The normalized spacial score (nSPS) is 13.8. The van der Waals surface area contributed by atoms with Crippen molar-refractivity contribution in [3.05, 3.63) is 100 Å². The minimum atomic E-state index is -1.59. The van der Waals surface area contributed by atoms with Gasteiger partial charge in [0.25, 0.3) is 0 Å². The van der Waals surface area contributed by atoms with Crippen LogP contribution in [0.1, 0.15) is 53.6 Å². The molecule has 0 bridgehead atoms. The van der Waals surface area contributed by atoms with E-state index in [2.05, 4.69) is 15.5 Å². The molecule has 5 rings (SSSR count). The van der Waals surface area contributed by atoms with Crippen LogP contribution in [0.2, 0.25) is 5.02 Å².